The molecule has 0 radical (unpaired) electrons. The standard InChI is InChI=1S/C18H15NO2S/c20-18(15-11-22-17-4-2-1-3-14(15)17)19-10-12-5-6-16-13(9-12)7-8-21-16/h1-6,9,11H,7-8,10H2,(H,19,20). The van der Waals surface area contributed by atoms with Crippen LogP contribution in [0.2, 0.25) is 0 Å². The van der Waals surface area contributed by atoms with Crippen molar-refractivity contribution in [2.24, 2.45) is 0 Å². The van der Waals surface area contributed by atoms with Gasteiger partial charge in [0, 0.05) is 28.4 Å². The van der Waals surface area contributed by atoms with Crippen molar-refractivity contribution in [2.75, 3.05) is 6.61 Å². The molecule has 1 aliphatic heterocycles. The lowest BCUT2D eigenvalue weighted by Gasteiger charge is -2.06. The molecule has 3 aromatic rings. The van der Waals surface area contributed by atoms with Gasteiger partial charge in [0.2, 0.25) is 0 Å². The SMILES string of the molecule is O=C(NCc1ccc2c(c1)CCO2)c1csc2ccccc12. The molecule has 110 valence electrons. The highest BCUT2D eigenvalue weighted by Crippen LogP contribution is 2.27. The van der Waals surface area contributed by atoms with Gasteiger partial charge in [-0.15, -0.1) is 11.3 Å². The number of amides is 1. The molecule has 4 heteroatoms. The highest BCUT2D eigenvalue weighted by atomic mass is 32.1. The summed E-state index contributed by atoms with van der Waals surface area (Å²) in [6.45, 7) is 1.29. The molecule has 1 N–H and O–H groups in total. The zero-order chi connectivity index (χ0) is 14.9. The lowest BCUT2D eigenvalue weighted by molar-refractivity contribution is 0.0953. The summed E-state index contributed by atoms with van der Waals surface area (Å²) >= 11 is 1.60. The number of hydrogen-bond donors (Lipinski definition) is 1. The van der Waals surface area contributed by atoms with Gasteiger partial charge in [-0.05, 0) is 23.3 Å². The van der Waals surface area contributed by atoms with Gasteiger partial charge in [-0.2, -0.15) is 0 Å². The third-order valence-corrected chi connectivity index (χ3v) is 4.90. The van der Waals surface area contributed by atoms with Crippen LogP contribution in [0.4, 0.5) is 0 Å². The summed E-state index contributed by atoms with van der Waals surface area (Å²) in [5.41, 5.74) is 3.09. The first-order valence-corrected chi connectivity index (χ1v) is 8.18. The molecule has 0 unspecified atom stereocenters. The largest absolute Gasteiger partial charge is 0.493 e. The van der Waals surface area contributed by atoms with Crippen LogP contribution < -0.4 is 10.1 Å². The maximum atomic E-state index is 12.4. The number of carbonyl (C=O) groups excluding carboxylic acids is 1. The summed E-state index contributed by atoms with van der Waals surface area (Å²) in [5.74, 6) is 0.952. The van der Waals surface area contributed by atoms with E-state index in [4.69, 9.17) is 4.74 Å². The van der Waals surface area contributed by atoms with Gasteiger partial charge in [0.25, 0.3) is 5.91 Å². The number of rotatable bonds is 3. The molecule has 0 bridgehead atoms. The summed E-state index contributed by atoms with van der Waals surface area (Å²) in [7, 11) is 0. The fraction of sp³-hybridized carbons (Fsp3) is 0.167. The molecule has 1 aliphatic rings. The molecule has 0 fully saturated rings. The summed E-state index contributed by atoms with van der Waals surface area (Å²) in [5, 5.41) is 5.96. The molecule has 0 atom stereocenters. The Morgan fingerprint density at radius 1 is 1.23 bits per heavy atom. The average Bonchev–Trinajstić information content (AvgIpc) is 3.18. The summed E-state index contributed by atoms with van der Waals surface area (Å²) in [6, 6.07) is 14.1. The fourth-order valence-electron chi connectivity index (χ4n) is 2.78. The highest BCUT2D eigenvalue weighted by Gasteiger charge is 2.14. The number of carbonyl (C=O) groups is 1. The Labute approximate surface area is 132 Å². The quantitative estimate of drug-likeness (QED) is 0.800. The first kappa shape index (κ1) is 13.3. The molecular formula is C18H15NO2S. The minimum absolute atomic E-state index is 0.0193. The minimum Gasteiger partial charge on any atom is -0.493 e. The van der Waals surface area contributed by atoms with Gasteiger partial charge in [-0.1, -0.05) is 30.3 Å². The Bertz CT molecular complexity index is 853. The van der Waals surface area contributed by atoms with Crippen LogP contribution in [0.1, 0.15) is 21.5 Å². The molecule has 1 amide bonds. The van der Waals surface area contributed by atoms with Crippen molar-refractivity contribution in [3.8, 4) is 5.75 Å². The number of thiophene rings is 1. The topological polar surface area (TPSA) is 38.3 Å². The first-order chi connectivity index (χ1) is 10.8. The second kappa shape index (κ2) is 5.46. The molecule has 22 heavy (non-hydrogen) atoms. The predicted molar refractivity (Wildman–Crippen MR) is 88.6 cm³/mol. The van der Waals surface area contributed by atoms with Gasteiger partial charge in [-0.3, -0.25) is 4.79 Å². The summed E-state index contributed by atoms with van der Waals surface area (Å²) < 4.78 is 6.64. The number of nitrogens with one attached hydrogen (secondary N) is 1. The van der Waals surface area contributed by atoms with Crippen molar-refractivity contribution >= 4 is 27.3 Å². The third kappa shape index (κ3) is 2.35. The first-order valence-electron chi connectivity index (χ1n) is 7.30. The summed E-state index contributed by atoms with van der Waals surface area (Å²) in [4.78, 5) is 12.4. The van der Waals surface area contributed by atoms with E-state index in [9.17, 15) is 4.79 Å². The van der Waals surface area contributed by atoms with E-state index in [1.807, 2.05) is 41.8 Å². The maximum absolute atomic E-state index is 12.4. The van der Waals surface area contributed by atoms with E-state index in [-0.39, 0.29) is 5.91 Å². The lowest BCUT2D eigenvalue weighted by Crippen LogP contribution is -2.22. The van der Waals surface area contributed by atoms with Gasteiger partial charge < -0.3 is 10.1 Å². The van der Waals surface area contributed by atoms with Crippen molar-refractivity contribution in [3.05, 3.63) is 64.5 Å². The van der Waals surface area contributed by atoms with Crippen LogP contribution in [-0.2, 0) is 13.0 Å². The van der Waals surface area contributed by atoms with E-state index in [2.05, 4.69) is 11.4 Å². The number of benzene rings is 2. The monoisotopic (exact) mass is 309 g/mol. The zero-order valence-electron chi connectivity index (χ0n) is 12.0. The van der Waals surface area contributed by atoms with E-state index in [1.165, 1.54) is 5.56 Å². The van der Waals surface area contributed by atoms with Crippen molar-refractivity contribution in [1.82, 2.24) is 5.32 Å². The fourth-order valence-corrected chi connectivity index (χ4v) is 3.72. The Hall–Kier alpha value is -2.33. The van der Waals surface area contributed by atoms with Gasteiger partial charge in [-0.25, -0.2) is 0 Å². The summed E-state index contributed by atoms with van der Waals surface area (Å²) in [6.07, 6.45) is 0.951. The van der Waals surface area contributed by atoms with E-state index in [0.717, 1.165) is 40.0 Å². The number of hydrogen-bond acceptors (Lipinski definition) is 3. The van der Waals surface area contributed by atoms with E-state index < -0.39 is 0 Å². The maximum Gasteiger partial charge on any atom is 0.253 e. The van der Waals surface area contributed by atoms with Crippen LogP contribution in [0.5, 0.6) is 5.75 Å². The van der Waals surface area contributed by atoms with Crippen LogP contribution in [0.25, 0.3) is 10.1 Å². The minimum atomic E-state index is -0.0193. The van der Waals surface area contributed by atoms with Crippen molar-refractivity contribution in [2.45, 2.75) is 13.0 Å². The third-order valence-electron chi connectivity index (χ3n) is 3.93. The van der Waals surface area contributed by atoms with Crippen LogP contribution in [-0.4, -0.2) is 12.5 Å². The van der Waals surface area contributed by atoms with E-state index in [0.29, 0.717) is 6.54 Å². The van der Waals surface area contributed by atoms with Crippen LogP contribution >= 0.6 is 11.3 Å². The molecule has 0 aliphatic carbocycles. The Morgan fingerprint density at radius 2 is 2.14 bits per heavy atom. The lowest BCUT2D eigenvalue weighted by atomic mass is 10.1. The molecule has 3 nitrogen and oxygen atoms in total. The Kier molecular flexibility index (Phi) is 3.31. The molecule has 0 saturated heterocycles. The Balaban J connectivity index is 1.50. The molecular weight excluding hydrogens is 294 g/mol. The zero-order valence-corrected chi connectivity index (χ0v) is 12.8. The van der Waals surface area contributed by atoms with Crippen LogP contribution in [0.3, 0.4) is 0 Å². The predicted octanol–water partition coefficient (Wildman–Crippen LogP) is 3.77. The van der Waals surface area contributed by atoms with Crippen molar-refractivity contribution in [1.29, 1.82) is 0 Å². The number of fused-ring (bicyclic) bond motifs is 2. The van der Waals surface area contributed by atoms with Crippen LogP contribution in [0, 0.1) is 0 Å². The number of ether oxygens (including phenoxy) is 1. The van der Waals surface area contributed by atoms with Gasteiger partial charge >= 0.3 is 0 Å². The molecule has 2 aromatic carbocycles. The molecule has 0 saturated carbocycles. The van der Waals surface area contributed by atoms with Crippen LogP contribution in [0.15, 0.2) is 47.8 Å². The molecule has 1 aromatic heterocycles. The van der Waals surface area contributed by atoms with Gasteiger partial charge in [0.1, 0.15) is 5.75 Å². The van der Waals surface area contributed by atoms with Gasteiger partial charge in [0.15, 0.2) is 0 Å². The van der Waals surface area contributed by atoms with E-state index in [1.54, 1.807) is 11.3 Å². The molecule has 4 rings (SSSR count). The normalized spacial score (nSPS) is 12.9. The Morgan fingerprint density at radius 3 is 3.09 bits per heavy atom. The second-order valence-electron chi connectivity index (χ2n) is 5.37. The van der Waals surface area contributed by atoms with Crippen molar-refractivity contribution < 1.29 is 9.53 Å². The van der Waals surface area contributed by atoms with Gasteiger partial charge in [0.05, 0.1) is 12.2 Å². The molecule has 0 spiro atoms. The second-order valence-corrected chi connectivity index (χ2v) is 6.28. The van der Waals surface area contributed by atoms with E-state index >= 15 is 0 Å². The molecule has 2 heterocycles. The average molecular weight is 309 g/mol. The highest BCUT2D eigenvalue weighted by molar-refractivity contribution is 7.17. The smallest absolute Gasteiger partial charge is 0.253 e. The van der Waals surface area contributed by atoms with Crippen molar-refractivity contribution in [3.63, 3.8) is 0 Å².